The van der Waals surface area contributed by atoms with Crippen molar-refractivity contribution in [3.05, 3.63) is 0 Å². The maximum atomic E-state index is 13.1. The SMILES string of the molecule is CCCCCCCCCCCCCCCCCCCCCC(=O)OC[C@H](COP(=O)(O)OC[C@@H](O)COP(=O)(O)OC[C@@H](COC(=O)CCCCCCCCCCC)OC(=O)CCCCCCCCCCC(C)C)OC(=O)CCCCCCCCCCCCCCCCCCCCC. The van der Waals surface area contributed by atoms with E-state index in [-0.39, 0.29) is 25.7 Å². The minimum absolute atomic E-state index is 0.105. The van der Waals surface area contributed by atoms with E-state index in [9.17, 15) is 43.2 Å². The molecule has 0 aliphatic heterocycles. The Bertz CT molecular complexity index is 1870. The number of rotatable bonds is 79. The summed E-state index contributed by atoms with van der Waals surface area (Å²) < 4.78 is 68.6. The summed E-state index contributed by atoms with van der Waals surface area (Å²) in [6.45, 7) is 7.25. The molecular weight excluding hydrogens is 1280 g/mol. The van der Waals surface area contributed by atoms with Crippen LogP contribution in [0.15, 0.2) is 0 Å². The molecule has 0 aromatic carbocycles. The van der Waals surface area contributed by atoms with Crippen LogP contribution in [0.3, 0.4) is 0 Å². The Morgan fingerprint density at radius 3 is 0.694 bits per heavy atom. The number of hydrogen-bond donors (Lipinski definition) is 3. The van der Waals surface area contributed by atoms with Crippen molar-refractivity contribution in [2.75, 3.05) is 39.6 Å². The minimum atomic E-state index is -4.96. The van der Waals surface area contributed by atoms with E-state index in [1.165, 1.54) is 244 Å². The monoisotopic (exact) mass is 1440 g/mol. The molecule has 2 unspecified atom stereocenters. The van der Waals surface area contributed by atoms with Gasteiger partial charge in [0.25, 0.3) is 0 Å². The summed E-state index contributed by atoms with van der Waals surface area (Å²) >= 11 is 0. The number of phosphoric acid groups is 2. The Morgan fingerprint density at radius 1 is 0.276 bits per heavy atom. The summed E-state index contributed by atoms with van der Waals surface area (Å²) in [7, 11) is -9.91. The first kappa shape index (κ1) is 96.1. The molecule has 17 nitrogen and oxygen atoms in total. The van der Waals surface area contributed by atoms with Crippen LogP contribution in [0, 0.1) is 5.92 Å². The van der Waals surface area contributed by atoms with Crippen molar-refractivity contribution in [1.82, 2.24) is 0 Å². The average Bonchev–Trinajstić information content (AvgIpc) is 1.01. The fourth-order valence-electron chi connectivity index (χ4n) is 12.2. The Morgan fingerprint density at radius 2 is 0.469 bits per heavy atom. The number of hydrogen-bond acceptors (Lipinski definition) is 15. The highest BCUT2D eigenvalue weighted by Crippen LogP contribution is 2.45. The van der Waals surface area contributed by atoms with Crippen molar-refractivity contribution >= 4 is 39.5 Å². The fraction of sp³-hybridized carbons (Fsp3) is 0.949. The molecule has 0 aromatic rings. The lowest BCUT2D eigenvalue weighted by Gasteiger charge is -2.21. The molecule has 0 fully saturated rings. The zero-order valence-electron chi connectivity index (χ0n) is 63.9. The number of ether oxygens (including phenoxy) is 4. The standard InChI is InChI=1S/C79H154O17P2/c1-6-9-12-15-18-21-23-25-27-29-31-33-35-37-39-42-48-53-58-63-77(82)90-69-74(95-78(83)64-59-54-49-43-40-38-36-34-32-30-28-26-24-22-19-16-13-10-7-2)70-93-97(85,86)91-66-73(80)67-92-98(87,88)94-71-75(68-89-76(81)62-57-52-47-41-20-17-14-11-8-3)96-79(84)65-60-55-50-45-44-46-51-56-61-72(4)5/h72-75,80H,6-71H2,1-5H3,(H,85,86)(H,87,88)/t73-,74-,75-/m1/s1. The van der Waals surface area contributed by atoms with Gasteiger partial charge in [-0.25, -0.2) is 9.13 Å². The predicted octanol–water partition coefficient (Wildman–Crippen LogP) is 23.6. The quantitative estimate of drug-likeness (QED) is 0.0222. The molecule has 0 heterocycles. The highest BCUT2D eigenvalue weighted by atomic mass is 31.2. The van der Waals surface area contributed by atoms with Crippen LogP contribution >= 0.6 is 15.6 Å². The summed E-state index contributed by atoms with van der Waals surface area (Å²) in [5.74, 6) is -1.39. The summed E-state index contributed by atoms with van der Waals surface area (Å²) in [5.41, 5.74) is 0. The van der Waals surface area contributed by atoms with Crippen molar-refractivity contribution in [2.45, 2.75) is 438 Å². The molecular formula is C79H154O17P2. The molecule has 5 atom stereocenters. The van der Waals surface area contributed by atoms with E-state index in [1.807, 2.05) is 0 Å². The summed E-state index contributed by atoms with van der Waals surface area (Å²) in [6.07, 6.45) is 62.6. The van der Waals surface area contributed by atoms with Gasteiger partial charge in [0, 0.05) is 25.7 Å². The number of esters is 4. The van der Waals surface area contributed by atoms with E-state index >= 15 is 0 Å². The van der Waals surface area contributed by atoms with Gasteiger partial charge >= 0.3 is 39.5 Å². The molecule has 0 saturated heterocycles. The second kappa shape index (κ2) is 72.0. The van der Waals surface area contributed by atoms with Crippen LogP contribution in [0.1, 0.15) is 420 Å². The molecule has 0 rings (SSSR count). The van der Waals surface area contributed by atoms with Crippen LogP contribution in [0.4, 0.5) is 0 Å². The van der Waals surface area contributed by atoms with Crippen molar-refractivity contribution < 1.29 is 80.2 Å². The second-order valence-electron chi connectivity index (χ2n) is 28.9. The zero-order chi connectivity index (χ0) is 71.9. The number of phosphoric ester groups is 2. The van der Waals surface area contributed by atoms with Gasteiger partial charge in [-0.05, 0) is 31.6 Å². The van der Waals surface area contributed by atoms with Crippen molar-refractivity contribution in [1.29, 1.82) is 0 Å². The van der Waals surface area contributed by atoms with Gasteiger partial charge in [0.15, 0.2) is 12.2 Å². The van der Waals surface area contributed by atoms with Gasteiger partial charge in [0.1, 0.15) is 19.3 Å². The molecule has 0 bridgehead atoms. The Balaban J connectivity index is 5.19. The van der Waals surface area contributed by atoms with Crippen molar-refractivity contribution in [3.8, 4) is 0 Å². The maximum absolute atomic E-state index is 13.1. The summed E-state index contributed by atoms with van der Waals surface area (Å²) in [6, 6.07) is 0. The van der Waals surface area contributed by atoms with Crippen molar-refractivity contribution in [3.63, 3.8) is 0 Å². The van der Waals surface area contributed by atoms with Gasteiger partial charge in [0.2, 0.25) is 0 Å². The molecule has 0 radical (unpaired) electrons. The lowest BCUT2D eigenvalue weighted by molar-refractivity contribution is -0.161. The Kier molecular flexibility index (Phi) is 70.6. The molecule has 19 heteroatoms. The topological polar surface area (TPSA) is 237 Å². The van der Waals surface area contributed by atoms with E-state index in [0.29, 0.717) is 25.7 Å². The fourth-order valence-corrected chi connectivity index (χ4v) is 13.8. The Hall–Kier alpha value is -1.94. The highest BCUT2D eigenvalue weighted by molar-refractivity contribution is 7.47. The molecule has 0 aliphatic rings. The number of unbranched alkanes of at least 4 members (excludes halogenated alkanes) is 51. The number of carbonyl (C=O) groups is 4. The molecule has 3 N–H and O–H groups in total. The molecule has 0 spiro atoms. The zero-order valence-corrected chi connectivity index (χ0v) is 65.7. The van der Waals surface area contributed by atoms with Gasteiger partial charge in [0.05, 0.1) is 26.4 Å². The third kappa shape index (κ3) is 72.4. The largest absolute Gasteiger partial charge is 0.472 e. The third-order valence-electron chi connectivity index (χ3n) is 18.5. The minimum Gasteiger partial charge on any atom is -0.462 e. The summed E-state index contributed by atoms with van der Waals surface area (Å²) in [4.78, 5) is 72.8. The van der Waals surface area contributed by atoms with Crippen LogP contribution in [0.5, 0.6) is 0 Å². The number of carbonyl (C=O) groups excluding carboxylic acids is 4. The van der Waals surface area contributed by atoms with E-state index in [1.54, 1.807) is 0 Å². The first-order chi connectivity index (χ1) is 47.5. The first-order valence-corrected chi connectivity index (χ1v) is 44.1. The molecule has 0 amide bonds. The van der Waals surface area contributed by atoms with E-state index in [4.69, 9.17) is 37.0 Å². The van der Waals surface area contributed by atoms with Gasteiger partial charge < -0.3 is 33.8 Å². The second-order valence-corrected chi connectivity index (χ2v) is 31.8. The lowest BCUT2D eigenvalue weighted by atomic mass is 10.0. The van der Waals surface area contributed by atoms with Gasteiger partial charge in [-0.3, -0.25) is 37.3 Å². The van der Waals surface area contributed by atoms with E-state index in [0.717, 1.165) is 95.8 Å². The normalized spacial score (nSPS) is 13.9. The highest BCUT2D eigenvalue weighted by Gasteiger charge is 2.30. The molecule has 98 heavy (non-hydrogen) atoms. The first-order valence-electron chi connectivity index (χ1n) is 41.1. The third-order valence-corrected chi connectivity index (χ3v) is 20.4. The van der Waals surface area contributed by atoms with Crippen molar-refractivity contribution in [2.24, 2.45) is 5.92 Å². The average molecular weight is 1440 g/mol. The molecule has 0 saturated carbocycles. The van der Waals surface area contributed by atoms with Gasteiger partial charge in [-0.1, -0.05) is 369 Å². The van der Waals surface area contributed by atoms with Crippen LogP contribution in [0.25, 0.3) is 0 Å². The lowest BCUT2D eigenvalue weighted by Crippen LogP contribution is -2.30. The molecule has 0 aliphatic carbocycles. The van der Waals surface area contributed by atoms with Crippen LogP contribution < -0.4 is 0 Å². The van der Waals surface area contributed by atoms with Crippen LogP contribution in [-0.2, 0) is 65.4 Å². The Labute approximate surface area is 600 Å². The molecule has 0 aromatic heterocycles. The van der Waals surface area contributed by atoms with Crippen LogP contribution in [-0.4, -0.2) is 96.7 Å². The smallest absolute Gasteiger partial charge is 0.462 e. The van der Waals surface area contributed by atoms with Crippen LogP contribution in [0.2, 0.25) is 0 Å². The van der Waals surface area contributed by atoms with Gasteiger partial charge in [-0.15, -0.1) is 0 Å². The maximum Gasteiger partial charge on any atom is 0.472 e. The van der Waals surface area contributed by atoms with E-state index in [2.05, 4.69) is 34.6 Å². The van der Waals surface area contributed by atoms with E-state index < -0.39 is 97.5 Å². The number of aliphatic hydroxyl groups excluding tert-OH is 1. The predicted molar refractivity (Wildman–Crippen MR) is 400 cm³/mol. The summed E-state index contributed by atoms with van der Waals surface area (Å²) in [5, 5.41) is 10.6. The number of aliphatic hydroxyl groups is 1. The van der Waals surface area contributed by atoms with Gasteiger partial charge in [-0.2, -0.15) is 0 Å². The molecule has 582 valence electrons.